The Labute approximate surface area is 172 Å². The van der Waals surface area contributed by atoms with Gasteiger partial charge in [0.05, 0.1) is 24.5 Å². The van der Waals surface area contributed by atoms with E-state index >= 15 is 0 Å². The van der Waals surface area contributed by atoms with E-state index in [9.17, 15) is 9.59 Å². The standard InChI is InChI=1S/C22H32N4O3/c1-5-16(6-2)13-26-14-22-8-7-17(29-22)18(19(22)21(26)28)20(27)24(4)11-12-25-10-9-23-15(25)3/h7-10,16-19H,5-6,11-14H2,1-4H3/t17-,18-,19-,22-/m0/s1. The molecule has 4 atom stereocenters. The number of likely N-dealkylation sites (tertiary alicyclic amines) is 1. The summed E-state index contributed by atoms with van der Waals surface area (Å²) in [5.41, 5.74) is -0.615. The van der Waals surface area contributed by atoms with E-state index in [2.05, 4.69) is 18.8 Å². The van der Waals surface area contributed by atoms with Gasteiger partial charge in [-0.1, -0.05) is 38.8 Å². The highest BCUT2D eigenvalue weighted by atomic mass is 16.5. The smallest absolute Gasteiger partial charge is 0.230 e. The Morgan fingerprint density at radius 2 is 2.17 bits per heavy atom. The summed E-state index contributed by atoms with van der Waals surface area (Å²) in [7, 11) is 1.82. The molecule has 29 heavy (non-hydrogen) atoms. The van der Waals surface area contributed by atoms with Crippen molar-refractivity contribution < 1.29 is 14.3 Å². The monoisotopic (exact) mass is 400 g/mol. The second kappa shape index (κ2) is 7.59. The lowest BCUT2D eigenvalue weighted by molar-refractivity contribution is -0.142. The SMILES string of the molecule is CCC(CC)CN1C[C@]23C=C[C@H](O2)[C@H](C(=O)N(C)CCn2ccnc2C)[C@H]3C1=O. The van der Waals surface area contributed by atoms with Gasteiger partial charge >= 0.3 is 0 Å². The largest absolute Gasteiger partial charge is 0.360 e. The van der Waals surface area contributed by atoms with Crippen LogP contribution in [-0.4, -0.2) is 69.6 Å². The number of carbonyl (C=O) groups excluding carboxylic acids is 2. The minimum Gasteiger partial charge on any atom is -0.360 e. The predicted molar refractivity (Wildman–Crippen MR) is 109 cm³/mol. The molecule has 1 aromatic heterocycles. The molecular formula is C22H32N4O3. The fraction of sp³-hybridized carbons (Fsp3) is 0.682. The molecule has 0 unspecified atom stereocenters. The van der Waals surface area contributed by atoms with Crippen LogP contribution in [0.25, 0.3) is 0 Å². The van der Waals surface area contributed by atoms with Gasteiger partial charge in [-0.05, 0) is 12.8 Å². The second-order valence-electron chi connectivity index (χ2n) is 8.73. The number of likely N-dealkylation sites (N-methyl/N-ethyl adjacent to an activating group) is 1. The molecule has 1 aromatic rings. The third kappa shape index (κ3) is 3.29. The lowest BCUT2D eigenvalue weighted by Gasteiger charge is -2.28. The molecule has 2 fully saturated rings. The van der Waals surface area contributed by atoms with Crippen LogP contribution in [0.4, 0.5) is 0 Å². The topological polar surface area (TPSA) is 67.7 Å². The van der Waals surface area contributed by atoms with Gasteiger partial charge in [-0.15, -0.1) is 0 Å². The van der Waals surface area contributed by atoms with E-state index in [-0.39, 0.29) is 17.9 Å². The lowest BCUT2D eigenvalue weighted by atomic mass is 9.76. The Morgan fingerprint density at radius 1 is 1.41 bits per heavy atom. The first-order chi connectivity index (χ1) is 13.9. The number of nitrogens with zero attached hydrogens (tertiary/aromatic N) is 4. The number of imidazole rings is 1. The Morgan fingerprint density at radius 3 is 2.83 bits per heavy atom. The Kier molecular flexibility index (Phi) is 5.27. The molecule has 1 spiro atoms. The van der Waals surface area contributed by atoms with Crippen LogP contribution >= 0.6 is 0 Å². The number of hydrogen-bond donors (Lipinski definition) is 0. The molecule has 0 saturated carbocycles. The summed E-state index contributed by atoms with van der Waals surface area (Å²) < 4.78 is 8.28. The third-order valence-corrected chi connectivity index (χ3v) is 7.07. The van der Waals surface area contributed by atoms with E-state index in [0.29, 0.717) is 25.6 Å². The van der Waals surface area contributed by atoms with Gasteiger partial charge in [0, 0.05) is 39.1 Å². The number of rotatable bonds is 8. The van der Waals surface area contributed by atoms with Gasteiger partial charge in [0.25, 0.3) is 0 Å². The van der Waals surface area contributed by atoms with Crippen molar-refractivity contribution in [3.05, 3.63) is 30.4 Å². The molecule has 0 aliphatic carbocycles. The average Bonchev–Trinajstić information content (AvgIpc) is 3.45. The summed E-state index contributed by atoms with van der Waals surface area (Å²) in [4.78, 5) is 34.5. The quantitative estimate of drug-likeness (QED) is 0.625. The van der Waals surface area contributed by atoms with Gasteiger partial charge < -0.3 is 19.1 Å². The lowest BCUT2D eigenvalue weighted by Crippen LogP contribution is -2.45. The number of ether oxygens (including phenoxy) is 1. The van der Waals surface area contributed by atoms with Crippen molar-refractivity contribution in [3.63, 3.8) is 0 Å². The molecule has 3 aliphatic heterocycles. The van der Waals surface area contributed by atoms with Crippen LogP contribution in [0.2, 0.25) is 0 Å². The highest BCUT2D eigenvalue weighted by Gasteiger charge is 2.67. The zero-order chi connectivity index (χ0) is 20.8. The zero-order valence-corrected chi connectivity index (χ0v) is 17.9. The van der Waals surface area contributed by atoms with E-state index < -0.39 is 17.4 Å². The molecule has 158 valence electrons. The summed E-state index contributed by atoms with van der Waals surface area (Å²) in [6.07, 6.45) is 9.52. The number of amides is 2. The van der Waals surface area contributed by atoms with Crippen LogP contribution in [0.3, 0.4) is 0 Å². The first kappa shape index (κ1) is 20.1. The van der Waals surface area contributed by atoms with Crippen LogP contribution in [0.5, 0.6) is 0 Å². The highest BCUT2D eigenvalue weighted by Crippen LogP contribution is 2.52. The Bertz CT molecular complexity index is 815. The molecule has 7 nitrogen and oxygen atoms in total. The van der Waals surface area contributed by atoms with Crippen molar-refractivity contribution in [1.82, 2.24) is 19.4 Å². The predicted octanol–water partition coefficient (Wildman–Crippen LogP) is 1.87. The first-order valence-corrected chi connectivity index (χ1v) is 10.8. The Balaban J connectivity index is 1.47. The maximum absolute atomic E-state index is 13.3. The molecule has 4 heterocycles. The molecule has 0 radical (unpaired) electrons. The van der Waals surface area contributed by atoms with Crippen molar-refractivity contribution in [2.75, 3.05) is 26.7 Å². The fourth-order valence-electron chi connectivity index (χ4n) is 5.14. The summed E-state index contributed by atoms with van der Waals surface area (Å²) in [6, 6.07) is 0. The van der Waals surface area contributed by atoms with Crippen LogP contribution in [0.1, 0.15) is 32.5 Å². The molecule has 0 N–H and O–H groups in total. The van der Waals surface area contributed by atoms with Crippen molar-refractivity contribution in [2.45, 2.75) is 51.9 Å². The highest BCUT2D eigenvalue weighted by molar-refractivity contribution is 5.93. The maximum atomic E-state index is 13.3. The van der Waals surface area contributed by atoms with Gasteiger partial charge in [0.15, 0.2) is 0 Å². The fourth-order valence-corrected chi connectivity index (χ4v) is 5.14. The van der Waals surface area contributed by atoms with Crippen LogP contribution < -0.4 is 0 Å². The van der Waals surface area contributed by atoms with E-state index in [1.807, 2.05) is 41.8 Å². The number of carbonyl (C=O) groups is 2. The number of aryl methyl sites for hydroxylation is 1. The van der Waals surface area contributed by atoms with Gasteiger partial charge in [-0.2, -0.15) is 0 Å². The van der Waals surface area contributed by atoms with E-state index in [1.54, 1.807) is 11.1 Å². The molecular weight excluding hydrogens is 368 g/mol. The van der Waals surface area contributed by atoms with Gasteiger partial charge in [0.2, 0.25) is 11.8 Å². The second-order valence-corrected chi connectivity index (χ2v) is 8.73. The molecule has 2 saturated heterocycles. The number of aromatic nitrogens is 2. The minimum atomic E-state index is -0.615. The van der Waals surface area contributed by atoms with Crippen molar-refractivity contribution in [2.24, 2.45) is 17.8 Å². The van der Waals surface area contributed by atoms with Crippen molar-refractivity contribution in [3.8, 4) is 0 Å². The van der Waals surface area contributed by atoms with E-state index in [0.717, 1.165) is 25.2 Å². The first-order valence-electron chi connectivity index (χ1n) is 10.8. The van der Waals surface area contributed by atoms with Crippen LogP contribution in [-0.2, 0) is 20.9 Å². The van der Waals surface area contributed by atoms with Gasteiger partial charge in [-0.3, -0.25) is 9.59 Å². The Hall–Kier alpha value is -2.15. The summed E-state index contributed by atoms with van der Waals surface area (Å²) in [6.45, 7) is 8.87. The maximum Gasteiger partial charge on any atom is 0.230 e. The van der Waals surface area contributed by atoms with E-state index in [1.165, 1.54) is 0 Å². The molecule has 0 aromatic carbocycles. The molecule has 2 bridgehead atoms. The van der Waals surface area contributed by atoms with Gasteiger partial charge in [-0.25, -0.2) is 4.98 Å². The molecule has 4 rings (SSSR count). The normalized spacial score (nSPS) is 29.9. The zero-order valence-electron chi connectivity index (χ0n) is 17.9. The molecule has 3 aliphatic rings. The number of fused-ring (bicyclic) bond motifs is 1. The van der Waals surface area contributed by atoms with E-state index in [4.69, 9.17) is 4.74 Å². The number of hydrogen-bond acceptors (Lipinski definition) is 4. The summed E-state index contributed by atoms with van der Waals surface area (Å²) in [5.74, 6) is 0.692. The summed E-state index contributed by atoms with van der Waals surface area (Å²) >= 11 is 0. The summed E-state index contributed by atoms with van der Waals surface area (Å²) in [5, 5.41) is 0. The molecule has 2 amide bonds. The average molecular weight is 401 g/mol. The minimum absolute atomic E-state index is 0.00160. The molecule has 7 heteroatoms. The van der Waals surface area contributed by atoms with Crippen molar-refractivity contribution in [1.29, 1.82) is 0 Å². The van der Waals surface area contributed by atoms with Crippen molar-refractivity contribution >= 4 is 11.8 Å². The van der Waals surface area contributed by atoms with Crippen LogP contribution in [0.15, 0.2) is 24.5 Å². The third-order valence-electron chi connectivity index (χ3n) is 7.07. The van der Waals surface area contributed by atoms with Crippen LogP contribution in [0, 0.1) is 24.7 Å². The van der Waals surface area contributed by atoms with Gasteiger partial charge in [0.1, 0.15) is 11.4 Å².